The molecule has 2 nitrogen and oxygen atoms in total. The van der Waals surface area contributed by atoms with Crippen molar-refractivity contribution in [2.45, 2.75) is 13.8 Å². The number of hydrogen-bond donors (Lipinski definition) is 1. The molecule has 0 aliphatic rings. The Balaban J connectivity index is 2.48. The van der Waals surface area contributed by atoms with Crippen molar-refractivity contribution < 1.29 is 0 Å². The fourth-order valence-corrected chi connectivity index (χ4v) is 2.16. The summed E-state index contributed by atoms with van der Waals surface area (Å²) in [4.78, 5) is 4.43. The molecule has 0 amide bonds. The number of aryl methyl sites for hydroxylation is 1. The van der Waals surface area contributed by atoms with Crippen LogP contribution in [0.1, 0.15) is 11.9 Å². The average Bonchev–Trinajstić information content (AvgIpc) is 2.44. The number of benzene rings is 1. The SMILES string of the molecule is CCNc1ccc2sc(C)nc2c1. The van der Waals surface area contributed by atoms with E-state index in [1.165, 1.54) is 4.70 Å². The molecule has 1 N–H and O–H groups in total. The lowest BCUT2D eigenvalue weighted by Crippen LogP contribution is -1.95. The van der Waals surface area contributed by atoms with Crippen LogP contribution in [0.3, 0.4) is 0 Å². The summed E-state index contributed by atoms with van der Waals surface area (Å²) in [5, 5.41) is 4.40. The van der Waals surface area contributed by atoms with Crippen molar-refractivity contribution in [3.63, 3.8) is 0 Å². The van der Waals surface area contributed by atoms with Crippen LogP contribution in [0.25, 0.3) is 10.2 Å². The quantitative estimate of drug-likeness (QED) is 0.791. The molecule has 0 atom stereocenters. The highest BCUT2D eigenvalue weighted by molar-refractivity contribution is 7.18. The molecule has 0 fully saturated rings. The number of nitrogens with zero attached hydrogens (tertiary/aromatic N) is 1. The van der Waals surface area contributed by atoms with Gasteiger partial charge in [0.15, 0.2) is 0 Å². The van der Waals surface area contributed by atoms with Gasteiger partial charge in [-0.2, -0.15) is 0 Å². The first kappa shape index (κ1) is 8.51. The van der Waals surface area contributed by atoms with Gasteiger partial charge in [-0.15, -0.1) is 11.3 Å². The number of fused-ring (bicyclic) bond motifs is 1. The lowest BCUT2D eigenvalue weighted by molar-refractivity contribution is 1.21. The zero-order valence-corrected chi connectivity index (χ0v) is 8.61. The van der Waals surface area contributed by atoms with Gasteiger partial charge in [-0.3, -0.25) is 0 Å². The molecule has 0 saturated carbocycles. The van der Waals surface area contributed by atoms with E-state index < -0.39 is 0 Å². The minimum absolute atomic E-state index is 0.953. The maximum Gasteiger partial charge on any atom is 0.0907 e. The molecule has 0 aliphatic heterocycles. The predicted octanol–water partition coefficient (Wildman–Crippen LogP) is 3.04. The Labute approximate surface area is 81.6 Å². The molecule has 1 heterocycles. The average molecular weight is 192 g/mol. The standard InChI is InChI=1S/C10H12N2S/c1-3-11-8-4-5-10-9(6-8)12-7(2)13-10/h4-6,11H,3H2,1-2H3. The summed E-state index contributed by atoms with van der Waals surface area (Å²) in [6.45, 7) is 5.09. The lowest BCUT2D eigenvalue weighted by Gasteiger charge is -2.00. The van der Waals surface area contributed by atoms with E-state index in [1.54, 1.807) is 11.3 Å². The van der Waals surface area contributed by atoms with Gasteiger partial charge in [0.25, 0.3) is 0 Å². The molecular weight excluding hydrogens is 180 g/mol. The number of thiazole rings is 1. The van der Waals surface area contributed by atoms with Crippen molar-refractivity contribution in [1.82, 2.24) is 4.98 Å². The number of anilines is 1. The Morgan fingerprint density at radius 3 is 3.08 bits per heavy atom. The highest BCUT2D eigenvalue weighted by Gasteiger charge is 2.00. The van der Waals surface area contributed by atoms with Crippen molar-refractivity contribution in [2.24, 2.45) is 0 Å². The molecule has 0 bridgehead atoms. The van der Waals surface area contributed by atoms with Gasteiger partial charge in [0.1, 0.15) is 0 Å². The lowest BCUT2D eigenvalue weighted by atomic mass is 10.3. The fraction of sp³-hybridized carbons (Fsp3) is 0.300. The van der Waals surface area contributed by atoms with E-state index in [0.29, 0.717) is 0 Å². The Hall–Kier alpha value is -1.09. The summed E-state index contributed by atoms with van der Waals surface area (Å²) in [5.41, 5.74) is 2.25. The van der Waals surface area contributed by atoms with Gasteiger partial charge in [-0.1, -0.05) is 0 Å². The van der Waals surface area contributed by atoms with Crippen LogP contribution in [0.2, 0.25) is 0 Å². The van der Waals surface area contributed by atoms with Crippen molar-refractivity contribution in [3.05, 3.63) is 23.2 Å². The zero-order valence-electron chi connectivity index (χ0n) is 7.79. The van der Waals surface area contributed by atoms with E-state index in [9.17, 15) is 0 Å². The van der Waals surface area contributed by atoms with Crippen LogP contribution in [-0.4, -0.2) is 11.5 Å². The van der Waals surface area contributed by atoms with E-state index in [-0.39, 0.29) is 0 Å². The van der Waals surface area contributed by atoms with Crippen LogP contribution in [0.4, 0.5) is 5.69 Å². The van der Waals surface area contributed by atoms with Crippen LogP contribution in [0, 0.1) is 6.92 Å². The highest BCUT2D eigenvalue weighted by Crippen LogP contribution is 2.24. The molecule has 3 heteroatoms. The van der Waals surface area contributed by atoms with E-state index in [0.717, 1.165) is 22.8 Å². The summed E-state index contributed by atoms with van der Waals surface area (Å²) in [6.07, 6.45) is 0. The largest absolute Gasteiger partial charge is 0.385 e. The molecule has 0 spiro atoms. The molecule has 2 aromatic rings. The third kappa shape index (κ3) is 1.65. The monoisotopic (exact) mass is 192 g/mol. The third-order valence-electron chi connectivity index (χ3n) is 1.88. The van der Waals surface area contributed by atoms with E-state index in [4.69, 9.17) is 0 Å². The van der Waals surface area contributed by atoms with Gasteiger partial charge in [0.2, 0.25) is 0 Å². The second-order valence-corrected chi connectivity index (χ2v) is 4.18. The topological polar surface area (TPSA) is 24.9 Å². The number of hydrogen-bond acceptors (Lipinski definition) is 3. The Morgan fingerprint density at radius 1 is 1.46 bits per heavy atom. The predicted molar refractivity (Wildman–Crippen MR) is 58.5 cm³/mol. The van der Waals surface area contributed by atoms with Crippen molar-refractivity contribution in [2.75, 3.05) is 11.9 Å². The van der Waals surface area contributed by atoms with Gasteiger partial charge in [-0.05, 0) is 32.0 Å². The molecule has 1 aromatic carbocycles. The summed E-state index contributed by atoms with van der Waals surface area (Å²) in [5.74, 6) is 0. The summed E-state index contributed by atoms with van der Waals surface area (Å²) >= 11 is 1.74. The zero-order chi connectivity index (χ0) is 9.26. The first-order valence-electron chi connectivity index (χ1n) is 4.40. The Kier molecular flexibility index (Phi) is 2.19. The second-order valence-electron chi connectivity index (χ2n) is 2.95. The molecule has 1 aromatic heterocycles. The molecule has 68 valence electrons. The summed E-state index contributed by atoms with van der Waals surface area (Å²) in [6, 6.07) is 6.32. The van der Waals surface area contributed by atoms with E-state index in [1.807, 2.05) is 6.92 Å². The normalized spacial score (nSPS) is 10.6. The Bertz CT molecular complexity index is 420. The van der Waals surface area contributed by atoms with Gasteiger partial charge in [0.05, 0.1) is 15.2 Å². The van der Waals surface area contributed by atoms with E-state index >= 15 is 0 Å². The van der Waals surface area contributed by atoms with Crippen LogP contribution >= 0.6 is 11.3 Å². The minimum atomic E-state index is 0.953. The van der Waals surface area contributed by atoms with Crippen LogP contribution in [0.15, 0.2) is 18.2 Å². The van der Waals surface area contributed by atoms with Gasteiger partial charge >= 0.3 is 0 Å². The molecule has 0 unspecified atom stereocenters. The number of rotatable bonds is 2. The van der Waals surface area contributed by atoms with Gasteiger partial charge in [0, 0.05) is 12.2 Å². The van der Waals surface area contributed by atoms with Crippen LogP contribution in [-0.2, 0) is 0 Å². The third-order valence-corrected chi connectivity index (χ3v) is 2.83. The second kappa shape index (κ2) is 3.34. The molecule has 2 rings (SSSR count). The molecule has 0 saturated heterocycles. The van der Waals surface area contributed by atoms with E-state index in [2.05, 4.69) is 35.4 Å². The smallest absolute Gasteiger partial charge is 0.0907 e. The molecule has 0 aliphatic carbocycles. The molecular formula is C10H12N2S. The summed E-state index contributed by atoms with van der Waals surface area (Å²) in [7, 11) is 0. The van der Waals surface area contributed by atoms with Gasteiger partial charge in [-0.25, -0.2) is 4.98 Å². The first-order chi connectivity index (χ1) is 6.29. The maximum atomic E-state index is 4.43. The molecule has 13 heavy (non-hydrogen) atoms. The van der Waals surface area contributed by atoms with Crippen LogP contribution in [0.5, 0.6) is 0 Å². The van der Waals surface area contributed by atoms with Crippen molar-refractivity contribution in [1.29, 1.82) is 0 Å². The van der Waals surface area contributed by atoms with Gasteiger partial charge < -0.3 is 5.32 Å². The summed E-state index contributed by atoms with van der Waals surface area (Å²) < 4.78 is 1.26. The van der Waals surface area contributed by atoms with Crippen molar-refractivity contribution >= 4 is 27.2 Å². The van der Waals surface area contributed by atoms with Crippen LogP contribution < -0.4 is 5.32 Å². The molecule has 0 radical (unpaired) electrons. The minimum Gasteiger partial charge on any atom is -0.385 e. The van der Waals surface area contributed by atoms with Crippen molar-refractivity contribution in [3.8, 4) is 0 Å². The number of nitrogens with one attached hydrogen (secondary N) is 1. The maximum absolute atomic E-state index is 4.43. The first-order valence-corrected chi connectivity index (χ1v) is 5.22. The Morgan fingerprint density at radius 2 is 2.31 bits per heavy atom. The fourth-order valence-electron chi connectivity index (χ4n) is 1.36. The highest BCUT2D eigenvalue weighted by atomic mass is 32.1. The number of aromatic nitrogens is 1.